The molecule has 15 heavy (non-hydrogen) atoms. The second-order valence-corrected chi connectivity index (χ2v) is 7.07. The molecule has 0 aromatic rings. The van der Waals surface area contributed by atoms with E-state index in [1.54, 1.807) is 0 Å². The Morgan fingerprint density at radius 2 is 2.33 bits per heavy atom. The molecule has 2 fully saturated rings. The molecule has 0 amide bonds. The lowest BCUT2D eigenvalue weighted by Gasteiger charge is -2.33. The minimum Gasteiger partial charge on any atom is -0.443 e. The van der Waals surface area contributed by atoms with Crippen molar-refractivity contribution in [3.63, 3.8) is 0 Å². The highest BCUT2D eigenvalue weighted by Gasteiger charge is 2.53. The highest BCUT2D eigenvalue weighted by Crippen LogP contribution is 2.55. The Balaban J connectivity index is 2.00. The summed E-state index contributed by atoms with van der Waals surface area (Å²) in [6.45, 7) is 1.91. The second-order valence-electron chi connectivity index (χ2n) is 4.37. The zero-order valence-electron chi connectivity index (χ0n) is 8.75. The molecule has 1 saturated heterocycles. The molecule has 3 rings (SSSR count). The number of hydrogen-bond donors (Lipinski definition) is 0. The lowest BCUT2D eigenvalue weighted by Crippen LogP contribution is -2.38. The molecule has 1 saturated carbocycles. The summed E-state index contributed by atoms with van der Waals surface area (Å²) in [4.78, 5) is 11.5. The van der Waals surface area contributed by atoms with Crippen LogP contribution in [0.25, 0.3) is 0 Å². The summed E-state index contributed by atoms with van der Waals surface area (Å²) >= 11 is 3.86. The van der Waals surface area contributed by atoms with E-state index >= 15 is 0 Å². The second kappa shape index (κ2) is 3.45. The van der Waals surface area contributed by atoms with Crippen molar-refractivity contribution in [1.82, 2.24) is 0 Å². The van der Waals surface area contributed by atoms with E-state index in [2.05, 4.69) is 0 Å². The number of thioether (sulfide) groups is 2. The molecule has 0 aromatic heterocycles. The van der Waals surface area contributed by atoms with Gasteiger partial charge in [0.1, 0.15) is 0 Å². The third-order valence-electron chi connectivity index (χ3n) is 3.44. The first-order chi connectivity index (χ1) is 7.21. The van der Waals surface area contributed by atoms with Crippen molar-refractivity contribution >= 4 is 29.5 Å². The van der Waals surface area contributed by atoms with Gasteiger partial charge >= 0.3 is 5.97 Å². The molecule has 1 aliphatic carbocycles. The van der Waals surface area contributed by atoms with Crippen molar-refractivity contribution in [3.05, 3.63) is 11.1 Å². The van der Waals surface area contributed by atoms with E-state index in [-0.39, 0.29) is 10.9 Å². The molecule has 2 heterocycles. The molecular formula is C11H14O2S2. The Kier molecular flexibility index (Phi) is 2.32. The first-order valence-electron chi connectivity index (χ1n) is 5.39. The van der Waals surface area contributed by atoms with Crippen LogP contribution in [0.1, 0.15) is 26.2 Å². The summed E-state index contributed by atoms with van der Waals surface area (Å²) in [5, 5.41) is 0.501. The predicted molar refractivity (Wildman–Crippen MR) is 64.1 cm³/mol. The Hall–Kier alpha value is -0.0900. The molecule has 2 aliphatic heterocycles. The van der Waals surface area contributed by atoms with Crippen molar-refractivity contribution in [3.8, 4) is 0 Å². The van der Waals surface area contributed by atoms with E-state index in [1.807, 2.05) is 30.4 Å². The molecule has 82 valence electrons. The zero-order valence-corrected chi connectivity index (χ0v) is 10.4. The van der Waals surface area contributed by atoms with Gasteiger partial charge in [0.15, 0.2) is 4.93 Å². The first kappa shape index (κ1) is 10.1. The average Bonchev–Trinajstić information content (AvgIpc) is 2.40. The average molecular weight is 242 g/mol. The molecular weight excluding hydrogens is 228 g/mol. The first-order valence-corrected chi connectivity index (χ1v) is 7.42. The fourth-order valence-corrected chi connectivity index (χ4v) is 5.72. The number of carbonyl (C=O) groups excluding carboxylic acids is 1. The minimum absolute atomic E-state index is 0.0752. The van der Waals surface area contributed by atoms with E-state index < -0.39 is 0 Å². The third kappa shape index (κ3) is 1.45. The van der Waals surface area contributed by atoms with Gasteiger partial charge in [-0.15, -0.1) is 11.8 Å². The molecule has 0 radical (unpaired) electrons. The summed E-state index contributed by atoms with van der Waals surface area (Å²) in [6.07, 6.45) is 3.28. The van der Waals surface area contributed by atoms with Crippen LogP contribution in [0.5, 0.6) is 0 Å². The van der Waals surface area contributed by atoms with Gasteiger partial charge in [-0.25, -0.2) is 4.79 Å². The highest BCUT2D eigenvalue weighted by atomic mass is 32.2. The lowest BCUT2D eigenvalue weighted by atomic mass is 10.1. The van der Waals surface area contributed by atoms with Crippen molar-refractivity contribution in [2.45, 2.75) is 36.4 Å². The Morgan fingerprint density at radius 3 is 3.20 bits per heavy atom. The number of ether oxygens (including phenoxy) is 1. The van der Waals surface area contributed by atoms with E-state index in [0.29, 0.717) is 5.25 Å². The van der Waals surface area contributed by atoms with Crippen molar-refractivity contribution < 1.29 is 9.53 Å². The molecule has 0 N–H and O–H groups in total. The number of carbonyl (C=O) groups is 1. The van der Waals surface area contributed by atoms with Gasteiger partial charge in [0.25, 0.3) is 0 Å². The van der Waals surface area contributed by atoms with Crippen molar-refractivity contribution in [1.29, 1.82) is 0 Å². The molecule has 1 spiro atoms. The summed E-state index contributed by atoms with van der Waals surface area (Å²) < 4.78 is 5.71. The predicted octanol–water partition coefficient (Wildman–Crippen LogP) is 2.59. The standard InChI is InChI=1S/C11H14O2S2/c1-7-8-5-9-11(6-8,13-10(7)12)15-4-2-3-14-9/h9H,2-6H2,1H3. The summed E-state index contributed by atoms with van der Waals surface area (Å²) in [5.41, 5.74) is 2.22. The zero-order chi connectivity index (χ0) is 10.5. The van der Waals surface area contributed by atoms with E-state index in [4.69, 9.17) is 4.74 Å². The van der Waals surface area contributed by atoms with Gasteiger partial charge in [-0.2, -0.15) is 11.8 Å². The van der Waals surface area contributed by atoms with Crippen LogP contribution < -0.4 is 0 Å². The van der Waals surface area contributed by atoms with Crippen molar-refractivity contribution in [2.24, 2.45) is 0 Å². The van der Waals surface area contributed by atoms with Gasteiger partial charge in [-0.1, -0.05) is 5.57 Å². The molecule has 2 atom stereocenters. The quantitative estimate of drug-likeness (QED) is 0.610. The molecule has 0 aromatic carbocycles. The van der Waals surface area contributed by atoms with E-state index in [9.17, 15) is 4.79 Å². The highest BCUT2D eigenvalue weighted by molar-refractivity contribution is 8.04. The van der Waals surface area contributed by atoms with Gasteiger partial charge in [0.05, 0.1) is 5.25 Å². The number of hydrogen-bond acceptors (Lipinski definition) is 4. The van der Waals surface area contributed by atoms with Crippen molar-refractivity contribution in [2.75, 3.05) is 11.5 Å². The maximum absolute atomic E-state index is 11.7. The number of fused-ring (bicyclic) bond motifs is 1. The largest absolute Gasteiger partial charge is 0.443 e. The molecule has 3 aliphatic rings. The topological polar surface area (TPSA) is 26.3 Å². The Bertz CT molecular complexity index is 350. The number of esters is 1. The monoisotopic (exact) mass is 242 g/mol. The third-order valence-corrected chi connectivity index (χ3v) is 6.56. The minimum atomic E-state index is -0.201. The van der Waals surface area contributed by atoms with Gasteiger partial charge in [0.2, 0.25) is 0 Å². The summed E-state index contributed by atoms with van der Waals surface area (Å²) in [7, 11) is 0. The maximum Gasteiger partial charge on any atom is 0.335 e. The van der Waals surface area contributed by atoms with Gasteiger partial charge in [0, 0.05) is 12.0 Å². The molecule has 2 unspecified atom stereocenters. The molecule has 2 nitrogen and oxygen atoms in total. The van der Waals surface area contributed by atoms with Crippen LogP contribution in [0.3, 0.4) is 0 Å². The van der Waals surface area contributed by atoms with Crippen LogP contribution in [-0.2, 0) is 9.53 Å². The van der Waals surface area contributed by atoms with Crippen LogP contribution in [0.15, 0.2) is 11.1 Å². The van der Waals surface area contributed by atoms with Crippen LogP contribution in [-0.4, -0.2) is 27.7 Å². The van der Waals surface area contributed by atoms with E-state index in [0.717, 1.165) is 24.2 Å². The van der Waals surface area contributed by atoms with Crippen LogP contribution in [0, 0.1) is 0 Å². The summed E-state index contributed by atoms with van der Waals surface area (Å²) in [5.74, 6) is 2.26. The maximum atomic E-state index is 11.7. The van der Waals surface area contributed by atoms with Crippen LogP contribution in [0.2, 0.25) is 0 Å². The van der Waals surface area contributed by atoms with Crippen LogP contribution in [0.4, 0.5) is 0 Å². The lowest BCUT2D eigenvalue weighted by molar-refractivity contribution is -0.146. The fourth-order valence-electron chi connectivity index (χ4n) is 2.52. The van der Waals surface area contributed by atoms with Gasteiger partial charge in [-0.05, 0) is 31.3 Å². The molecule has 4 heteroatoms. The smallest absolute Gasteiger partial charge is 0.335 e. The SMILES string of the molecule is CC1=C2CC3SCCCSC3(C2)OC1=O. The van der Waals surface area contributed by atoms with Gasteiger partial charge < -0.3 is 4.74 Å². The molecule has 2 bridgehead atoms. The Morgan fingerprint density at radius 1 is 1.47 bits per heavy atom. The normalized spacial score (nSPS) is 39.8. The number of rotatable bonds is 0. The Labute approximate surface area is 98.2 Å². The van der Waals surface area contributed by atoms with E-state index in [1.165, 1.54) is 17.7 Å². The van der Waals surface area contributed by atoms with Crippen LogP contribution >= 0.6 is 23.5 Å². The van der Waals surface area contributed by atoms with Gasteiger partial charge in [-0.3, -0.25) is 0 Å². The fraction of sp³-hybridized carbons (Fsp3) is 0.727. The summed E-state index contributed by atoms with van der Waals surface area (Å²) in [6, 6.07) is 0.